The smallest absolute Gasteiger partial charge is 0.343 e. The average Bonchev–Trinajstić information content (AvgIpc) is 2.55. The van der Waals surface area contributed by atoms with Crippen LogP contribution < -0.4 is 5.32 Å². The van der Waals surface area contributed by atoms with Gasteiger partial charge in [0.25, 0.3) is 5.91 Å². The second-order valence-electron chi connectivity index (χ2n) is 5.79. The number of halogens is 4. The summed E-state index contributed by atoms with van der Waals surface area (Å²) in [7, 11) is 1.98. The molecule has 2 aromatic rings. The van der Waals surface area contributed by atoms with Gasteiger partial charge in [-0.3, -0.25) is 9.69 Å². The highest BCUT2D eigenvalue weighted by Gasteiger charge is 2.27. The molecule has 7 heteroatoms. The Kier molecular flexibility index (Phi) is 6.61. The molecule has 1 amide bonds. The highest BCUT2D eigenvalue weighted by atomic mass is 79.9. The molecule has 0 aromatic heterocycles. The van der Waals surface area contributed by atoms with Crippen molar-refractivity contribution >= 4 is 21.8 Å². The van der Waals surface area contributed by atoms with Crippen LogP contribution in [0.5, 0.6) is 0 Å². The number of carbonyl (C=O) groups excluding carboxylic acids is 1. The lowest BCUT2D eigenvalue weighted by atomic mass is 10.1. The van der Waals surface area contributed by atoms with E-state index in [1.807, 2.05) is 36.6 Å². The monoisotopic (exact) mass is 414 g/mol. The van der Waals surface area contributed by atoms with E-state index in [1.54, 1.807) is 12.1 Å². The number of carbonyl (C=O) groups is 1. The summed E-state index contributed by atoms with van der Waals surface area (Å²) in [5.41, 5.74) is 2.37. The first-order valence-corrected chi connectivity index (χ1v) is 8.39. The molecule has 0 heterocycles. The molecule has 25 heavy (non-hydrogen) atoms. The first-order valence-electron chi connectivity index (χ1n) is 7.60. The molecule has 0 saturated carbocycles. The first kappa shape index (κ1) is 19.5. The molecule has 2 rings (SSSR count). The van der Waals surface area contributed by atoms with Gasteiger partial charge in [0.1, 0.15) is 6.54 Å². The lowest BCUT2D eigenvalue weighted by Gasteiger charge is -2.17. The fraction of sp³-hybridized carbons (Fsp3) is 0.278. The van der Waals surface area contributed by atoms with E-state index in [-0.39, 0.29) is 5.56 Å². The van der Waals surface area contributed by atoms with Gasteiger partial charge >= 0.3 is 6.18 Å². The highest BCUT2D eigenvalue weighted by molar-refractivity contribution is 9.10. The van der Waals surface area contributed by atoms with E-state index in [1.165, 1.54) is 17.7 Å². The van der Waals surface area contributed by atoms with Gasteiger partial charge in [0, 0.05) is 23.1 Å². The van der Waals surface area contributed by atoms with E-state index in [0.29, 0.717) is 6.54 Å². The van der Waals surface area contributed by atoms with Crippen molar-refractivity contribution in [3.05, 3.63) is 69.7 Å². The minimum absolute atomic E-state index is 0.212. The van der Waals surface area contributed by atoms with Gasteiger partial charge in [-0.15, -0.1) is 0 Å². The molecule has 2 aromatic carbocycles. The normalized spacial score (nSPS) is 11.6. The second-order valence-corrected chi connectivity index (χ2v) is 6.71. The fourth-order valence-electron chi connectivity index (χ4n) is 2.31. The van der Waals surface area contributed by atoms with Crippen molar-refractivity contribution in [3.8, 4) is 0 Å². The number of hydrogen-bond acceptors (Lipinski definition) is 2. The molecule has 0 radical (unpaired) electrons. The van der Waals surface area contributed by atoms with E-state index in [9.17, 15) is 18.0 Å². The first-order chi connectivity index (χ1) is 11.7. The van der Waals surface area contributed by atoms with E-state index in [0.717, 1.165) is 16.6 Å². The Bertz CT molecular complexity index is 700. The SMILES string of the molecule is CN(Cc1ccc(Br)cc1)Cc1ccc(C(=O)NCC(F)(F)F)cc1. The lowest BCUT2D eigenvalue weighted by Crippen LogP contribution is -2.33. The number of alkyl halides is 3. The van der Waals surface area contributed by atoms with Crippen molar-refractivity contribution in [2.45, 2.75) is 19.3 Å². The van der Waals surface area contributed by atoms with E-state index in [4.69, 9.17) is 0 Å². The molecule has 0 bridgehead atoms. The van der Waals surface area contributed by atoms with Crippen LogP contribution in [-0.2, 0) is 13.1 Å². The van der Waals surface area contributed by atoms with Crippen molar-refractivity contribution in [1.29, 1.82) is 0 Å². The molecular weight excluding hydrogens is 397 g/mol. The summed E-state index contributed by atoms with van der Waals surface area (Å²) in [6.45, 7) is 0.102. The van der Waals surface area contributed by atoms with Crippen molar-refractivity contribution in [1.82, 2.24) is 10.2 Å². The van der Waals surface area contributed by atoms with Crippen LogP contribution in [0.4, 0.5) is 13.2 Å². The molecule has 0 fully saturated rings. The van der Waals surface area contributed by atoms with E-state index in [2.05, 4.69) is 20.8 Å². The third-order valence-electron chi connectivity index (χ3n) is 3.48. The van der Waals surface area contributed by atoms with E-state index >= 15 is 0 Å². The van der Waals surface area contributed by atoms with Gasteiger partial charge in [0.2, 0.25) is 0 Å². The van der Waals surface area contributed by atoms with Gasteiger partial charge < -0.3 is 5.32 Å². The summed E-state index contributed by atoms with van der Waals surface area (Å²) < 4.78 is 37.4. The van der Waals surface area contributed by atoms with Gasteiger partial charge in [-0.05, 0) is 42.4 Å². The van der Waals surface area contributed by atoms with Crippen LogP contribution in [0.3, 0.4) is 0 Å². The maximum atomic E-state index is 12.1. The summed E-state index contributed by atoms with van der Waals surface area (Å²) in [4.78, 5) is 13.8. The minimum Gasteiger partial charge on any atom is -0.343 e. The predicted octanol–water partition coefficient (Wildman–Crippen LogP) is 4.37. The maximum Gasteiger partial charge on any atom is 0.405 e. The Morgan fingerprint density at radius 3 is 1.96 bits per heavy atom. The van der Waals surface area contributed by atoms with Crippen LogP contribution in [0.2, 0.25) is 0 Å². The van der Waals surface area contributed by atoms with Crippen LogP contribution in [0, 0.1) is 0 Å². The molecule has 0 aliphatic rings. The number of nitrogens with one attached hydrogen (secondary N) is 1. The number of hydrogen-bond donors (Lipinski definition) is 1. The van der Waals surface area contributed by atoms with Crippen LogP contribution in [0.25, 0.3) is 0 Å². The Labute approximate surface area is 153 Å². The molecule has 0 atom stereocenters. The largest absolute Gasteiger partial charge is 0.405 e. The third kappa shape index (κ3) is 6.88. The molecule has 0 aliphatic carbocycles. The van der Waals surface area contributed by atoms with Crippen LogP contribution >= 0.6 is 15.9 Å². The fourth-order valence-corrected chi connectivity index (χ4v) is 2.58. The zero-order valence-corrected chi connectivity index (χ0v) is 15.2. The molecule has 0 unspecified atom stereocenters. The molecular formula is C18H18BrF3N2O. The number of amides is 1. The van der Waals surface area contributed by atoms with Crippen LogP contribution in [0.15, 0.2) is 53.0 Å². The molecule has 1 N–H and O–H groups in total. The zero-order chi connectivity index (χ0) is 18.4. The third-order valence-corrected chi connectivity index (χ3v) is 4.01. The number of nitrogens with zero attached hydrogens (tertiary/aromatic N) is 1. The molecule has 0 saturated heterocycles. The van der Waals surface area contributed by atoms with Gasteiger partial charge in [0.15, 0.2) is 0 Å². The Balaban J connectivity index is 1.88. The summed E-state index contributed by atoms with van der Waals surface area (Å²) in [5, 5.41) is 1.86. The quantitative estimate of drug-likeness (QED) is 0.760. The van der Waals surface area contributed by atoms with E-state index < -0.39 is 18.6 Å². The van der Waals surface area contributed by atoms with Gasteiger partial charge in [-0.2, -0.15) is 13.2 Å². The second kappa shape index (κ2) is 8.49. The van der Waals surface area contributed by atoms with Crippen molar-refractivity contribution in [2.75, 3.05) is 13.6 Å². The van der Waals surface area contributed by atoms with Crippen molar-refractivity contribution < 1.29 is 18.0 Å². The molecule has 0 spiro atoms. The standard InChI is InChI=1S/C18H18BrF3N2O/c1-24(11-14-4-8-16(19)9-5-14)10-13-2-6-15(7-3-13)17(25)23-12-18(20,21)22/h2-9H,10-12H2,1H3,(H,23,25). The van der Waals surface area contributed by atoms with Gasteiger partial charge in [0.05, 0.1) is 0 Å². The van der Waals surface area contributed by atoms with Crippen LogP contribution in [-0.4, -0.2) is 30.6 Å². The lowest BCUT2D eigenvalue weighted by molar-refractivity contribution is -0.123. The molecule has 134 valence electrons. The van der Waals surface area contributed by atoms with Gasteiger partial charge in [-0.25, -0.2) is 0 Å². The Morgan fingerprint density at radius 2 is 1.48 bits per heavy atom. The number of rotatable bonds is 6. The Morgan fingerprint density at radius 1 is 1.00 bits per heavy atom. The summed E-state index contributed by atoms with van der Waals surface area (Å²) in [6, 6.07) is 14.6. The van der Waals surface area contributed by atoms with Crippen molar-refractivity contribution in [2.24, 2.45) is 0 Å². The summed E-state index contributed by atoms with van der Waals surface area (Å²) in [6.07, 6.45) is -4.41. The summed E-state index contributed by atoms with van der Waals surface area (Å²) >= 11 is 3.40. The van der Waals surface area contributed by atoms with Crippen molar-refractivity contribution in [3.63, 3.8) is 0 Å². The minimum atomic E-state index is -4.41. The molecule has 3 nitrogen and oxygen atoms in total. The zero-order valence-electron chi connectivity index (χ0n) is 13.6. The summed E-state index contributed by atoms with van der Waals surface area (Å²) in [5.74, 6) is -0.730. The maximum absolute atomic E-state index is 12.1. The topological polar surface area (TPSA) is 32.3 Å². The number of benzene rings is 2. The van der Waals surface area contributed by atoms with Crippen LogP contribution in [0.1, 0.15) is 21.5 Å². The molecule has 0 aliphatic heterocycles. The van der Waals surface area contributed by atoms with Gasteiger partial charge in [-0.1, -0.05) is 40.2 Å². The predicted molar refractivity (Wildman–Crippen MR) is 94.1 cm³/mol. The highest BCUT2D eigenvalue weighted by Crippen LogP contribution is 2.15. The Hall–Kier alpha value is -1.86. The average molecular weight is 415 g/mol.